The molecule has 0 aliphatic heterocycles. The van der Waals surface area contributed by atoms with Crippen molar-refractivity contribution in [2.24, 2.45) is 0 Å². The number of alkyl halides is 3. The zero-order chi connectivity index (χ0) is 26.6. The number of hydrogen-bond acceptors (Lipinski definition) is 4. The van der Waals surface area contributed by atoms with Gasteiger partial charge in [0.25, 0.3) is 10.0 Å². The molecule has 0 atom stereocenters. The van der Waals surface area contributed by atoms with E-state index in [1.807, 2.05) is 20.8 Å². The first-order chi connectivity index (χ1) is 16.6. The summed E-state index contributed by atoms with van der Waals surface area (Å²) in [5, 5.41) is 9.33. The number of thiophene rings is 1. The number of aromatic nitrogens is 1. The van der Waals surface area contributed by atoms with E-state index in [0.29, 0.717) is 4.88 Å². The molecule has 2 aromatic carbocycles. The third-order valence-corrected chi connectivity index (χ3v) is 8.60. The smallest absolute Gasteiger partial charge is 0.416 e. The number of carbonyl (C=O) groups is 1. The lowest BCUT2D eigenvalue weighted by atomic mass is 9.87. The second kappa shape index (κ2) is 8.63. The summed E-state index contributed by atoms with van der Waals surface area (Å²) in [5.74, 6) is -1.15. The van der Waals surface area contributed by atoms with Gasteiger partial charge in [-0.2, -0.15) is 13.2 Å². The summed E-state index contributed by atoms with van der Waals surface area (Å²) in [5.41, 5.74) is -0.222. The zero-order valence-electron chi connectivity index (χ0n) is 19.6. The van der Waals surface area contributed by atoms with E-state index in [4.69, 9.17) is 0 Å². The Morgan fingerprint density at radius 2 is 1.61 bits per heavy atom. The Morgan fingerprint density at radius 1 is 0.944 bits per heavy atom. The monoisotopic (exact) mass is 533 g/mol. The number of rotatable bonds is 5. The van der Waals surface area contributed by atoms with Gasteiger partial charge in [-0.05, 0) is 59.5 Å². The Hall–Kier alpha value is -3.37. The number of hydrogen-bond donors (Lipinski definition) is 1. The molecule has 0 saturated carbocycles. The molecule has 4 aromatic rings. The van der Waals surface area contributed by atoms with Crippen molar-refractivity contribution in [1.82, 2.24) is 3.97 Å². The zero-order valence-corrected chi connectivity index (χ0v) is 21.2. The molecule has 2 aromatic heterocycles. The Bertz CT molecular complexity index is 1620. The molecule has 4 rings (SSSR count). The minimum Gasteiger partial charge on any atom is -0.477 e. The minimum absolute atomic E-state index is 0.0221. The molecule has 0 spiro atoms. The van der Waals surface area contributed by atoms with Crippen LogP contribution in [0.25, 0.3) is 16.5 Å². The maximum atomic E-state index is 13.9. The maximum absolute atomic E-state index is 13.9. The Morgan fingerprint density at radius 3 is 2.19 bits per heavy atom. The number of aromatic carboxylic acids is 1. The lowest BCUT2D eigenvalue weighted by Gasteiger charge is -2.20. The van der Waals surface area contributed by atoms with Crippen LogP contribution in [0.1, 0.15) is 52.1 Å². The predicted octanol–water partition coefficient (Wildman–Crippen LogP) is 7.02. The standard InChI is InChI=1S/C26H22F3NO4S2/c1-15(22-10-11-23(35-22)24(31)32)21-13-16-12-18(26(27,28)29)8-9-20(16)30(21)36(33,34)19-7-5-6-17(14-19)25(2,3)4/h5-14H,1H2,2-4H3,(H,31,32). The summed E-state index contributed by atoms with van der Waals surface area (Å²) >= 11 is 0.895. The van der Waals surface area contributed by atoms with Crippen LogP contribution < -0.4 is 0 Å². The van der Waals surface area contributed by atoms with Gasteiger partial charge < -0.3 is 5.11 Å². The van der Waals surface area contributed by atoms with Crippen molar-refractivity contribution in [3.63, 3.8) is 0 Å². The van der Waals surface area contributed by atoms with Crippen LogP contribution in [-0.4, -0.2) is 23.5 Å². The molecule has 2 heterocycles. The van der Waals surface area contributed by atoms with Gasteiger partial charge in [0.1, 0.15) is 4.88 Å². The van der Waals surface area contributed by atoms with Crippen LogP contribution >= 0.6 is 11.3 Å². The van der Waals surface area contributed by atoms with Gasteiger partial charge in [0, 0.05) is 15.8 Å². The van der Waals surface area contributed by atoms with Crippen LogP contribution in [0, 0.1) is 0 Å². The highest BCUT2D eigenvalue weighted by Crippen LogP contribution is 2.38. The highest BCUT2D eigenvalue weighted by molar-refractivity contribution is 7.90. The summed E-state index contributed by atoms with van der Waals surface area (Å²) in [6.07, 6.45) is -4.61. The van der Waals surface area contributed by atoms with E-state index >= 15 is 0 Å². The highest BCUT2D eigenvalue weighted by atomic mass is 32.2. The van der Waals surface area contributed by atoms with Gasteiger partial charge in [-0.15, -0.1) is 11.3 Å². The molecule has 0 radical (unpaired) electrons. The number of carboxylic acid groups (broad SMARTS) is 1. The summed E-state index contributed by atoms with van der Waals surface area (Å²) in [4.78, 5) is 11.7. The van der Waals surface area contributed by atoms with Gasteiger partial charge >= 0.3 is 12.1 Å². The molecule has 188 valence electrons. The van der Waals surface area contributed by atoms with Crippen LogP contribution in [0.2, 0.25) is 0 Å². The van der Waals surface area contributed by atoms with Gasteiger partial charge in [-0.3, -0.25) is 0 Å². The van der Waals surface area contributed by atoms with E-state index in [2.05, 4.69) is 6.58 Å². The van der Waals surface area contributed by atoms with Crippen LogP contribution in [0.3, 0.4) is 0 Å². The van der Waals surface area contributed by atoms with E-state index in [1.54, 1.807) is 18.2 Å². The average Bonchev–Trinajstić information content (AvgIpc) is 3.43. The summed E-state index contributed by atoms with van der Waals surface area (Å²) in [7, 11) is -4.28. The predicted molar refractivity (Wildman–Crippen MR) is 134 cm³/mol. The normalized spacial score (nSPS) is 12.7. The van der Waals surface area contributed by atoms with Crippen LogP contribution in [0.4, 0.5) is 13.2 Å². The number of carboxylic acids is 1. The number of nitrogens with zero attached hydrogens (tertiary/aromatic N) is 1. The third kappa shape index (κ3) is 4.58. The molecule has 10 heteroatoms. The fourth-order valence-corrected chi connectivity index (χ4v) is 6.21. The second-order valence-electron chi connectivity index (χ2n) is 9.30. The van der Waals surface area contributed by atoms with Crippen molar-refractivity contribution in [2.75, 3.05) is 0 Å². The fourth-order valence-electron chi connectivity index (χ4n) is 3.81. The largest absolute Gasteiger partial charge is 0.477 e. The second-order valence-corrected chi connectivity index (χ2v) is 12.2. The molecule has 0 fully saturated rings. The lowest BCUT2D eigenvalue weighted by Crippen LogP contribution is -2.17. The first-order valence-corrected chi connectivity index (χ1v) is 13.0. The van der Waals surface area contributed by atoms with Gasteiger partial charge in [-0.1, -0.05) is 39.5 Å². The SMILES string of the molecule is C=C(c1ccc(C(=O)O)s1)c1cc2cc(C(F)(F)F)ccc2n1S(=O)(=O)c1cccc(C(C)(C)C)c1. The molecule has 0 saturated heterocycles. The van der Waals surface area contributed by atoms with E-state index in [1.165, 1.54) is 24.3 Å². The summed E-state index contributed by atoms with van der Waals surface area (Å²) in [6.45, 7) is 9.78. The highest BCUT2D eigenvalue weighted by Gasteiger charge is 2.32. The molecular formula is C26H22F3NO4S2. The lowest BCUT2D eigenvalue weighted by molar-refractivity contribution is -0.137. The molecule has 0 bridgehead atoms. The molecule has 0 amide bonds. The first kappa shape index (κ1) is 25.7. The molecule has 1 N–H and O–H groups in total. The first-order valence-electron chi connectivity index (χ1n) is 10.7. The van der Waals surface area contributed by atoms with Crippen molar-refractivity contribution < 1.29 is 31.5 Å². The van der Waals surface area contributed by atoms with Gasteiger partial charge in [0.2, 0.25) is 0 Å². The van der Waals surface area contributed by atoms with Crippen LogP contribution in [-0.2, 0) is 21.6 Å². The Labute approximate surface area is 210 Å². The number of fused-ring (bicyclic) bond motifs is 1. The quantitative estimate of drug-likeness (QED) is 0.299. The van der Waals surface area contributed by atoms with Crippen molar-refractivity contribution in [1.29, 1.82) is 0 Å². The van der Waals surface area contributed by atoms with Crippen LogP contribution in [0.15, 0.2) is 72.1 Å². The molecule has 5 nitrogen and oxygen atoms in total. The van der Waals surface area contributed by atoms with E-state index in [-0.39, 0.29) is 37.4 Å². The van der Waals surface area contributed by atoms with Crippen molar-refractivity contribution in [2.45, 2.75) is 37.3 Å². The fraction of sp³-hybridized carbons (Fsp3) is 0.192. The average molecular weight is 534 g/mol. The topological polar surface area (TPSA) is 76.4 Å². The summed E-state index contributed by atoms with van der Waals surface area (Å²) < 4.78 is 69.0. The molecular weight excluding hydrogens is 511 g/mol. The van der Waals surface area contributed by atoms with E-state index in [0.717, 1.165) is 39.1 Å². The van der Waals surface area contributed by atoms with Crippen molar-refractivity contribution in [3.8, 4) is 0 Å². The summed E-state index contributed by atoms with van der Waals surface area (Å²) in [6, 6.07) is 13.4. The minimum atomic E-state index is -4.61. The van der Waals surface area contributed by atoms with Crippen LogP contribution in [0.5, 0.6) is 0 Å². The van der Waals surface area contributed by atoms with Gasteiger partial charge in [-0.25, -0.2) is 17.2 Å². The molecule has 0 aliphatic carbocycles. The molecule has 0 unspecified atom stereocenters. The molecule has 0 aliphatic rings. The van der Waals surface area contributed by atoms with Gasteiger partial charge in [0.15, 0.2) is 0 Å². The maximum Gasteiger partial charge on any atom is 0.416 e. The number of benzene rings is 2. The van der Waals surface area contributed by atoms with E-state index < -0.39 is 27.7 Å². The van der Waals surface area contributed by atoms with Gasteiger partial charge in [0.05, 0.1) is 21.7 Å². The third-order valence-electron chi connectivity index (χ3n) is 5.75. The Balaban J connectivity index is 1.99. The number of halogens is 3. The Kier molecular flexibility index (Phi) is 6.17. The van der Waals surface area contributed by atoms with Crippen molar-refractivity contribution in [3.05, 3.63) is 93.8 Å². The van der Waals surface area contributed by atoms with Crippen molar-refractivity contribution >= 4 is 43.8 Å². The van der Waals surface area contributed by atoms with E-state index in [9.17, 15) is 31.5 Å². The molecule has 36 heavy (non-hydrogen) atoms.